The van der Waals surface area contributed by atoms with E-state index in [1.807, 2.05) is 0 Å². The lowest BCUT2D eigenvalue weighted by Gasteiger charge is -2.30. The molecule has 1 fully saturated rings. The molecule has 2 atom stereocenters. The Morgan fingerprint density at radius 3 is 2.85 bits per heavy atom. The molecular weight excluding hydrogens is 160 g/mol. The first kappa shape index (κ1) is 11.0. The molecule has 0 radical (unpaired) electrons. The first-order valence-electron chi connectivity index (χ1n) is 5.65. The highest BCUT2D eigenvalue weighted by Crippen LogP contribution is 2.12. The molecule has 0 amide bonds. The molecule has 0 aliphatic carbocycles. The Kier molecular flexibility index (Phi) is 4.74. The van der Waals surface area contributed by atoms with Crippen LogP contribution in [-0.2, 0) is 0 Å². The maximum absolute atomic E-state index is 3.47. The van der Waals surface area contributed by atoms with E-state index in [4.69, 9.17) is 0 Å². The van der Waals surface area contributed by atoms with Crippen LogP contribution < -0.4 is 5.32 Å². The molecule has 13 heavy (non-hydrogen) atoms. The van der Waals surface area contributed by atoms with Crippen molar-refractivity contribution < 1.29 is 0 Å². The van der Waals surface area contributed by atoms with E-state index in [1.54, 1.807) is 0 Å². The first-order valence-corrected chi connectivity index (χ1v) is 5.65. The van der Waals surface area contributed by atoms with Crippen LogP contribution in [-0.4, -0.2) is 37.6 Å². The van der Waals surface area contributed by atoms with E-state index in [0.29, 0.717) is 0 Å². The molecule has 1 aliphatic rings. The van der Waals surface area contributed by atoms with Crippen molar-refractivity contribution in [1.29, 1.82) is 0 Å². The van der Waals surface area contributed by atoms with Gasteiger partial charge in [0.15, 0.2) is 0 Å². The van der Waals surface area contributed by atoms with Crippen LogP contribution in [0.3, 0.4) is 0 Å². The zero-order valence-electron chi connectivity index (χ0n) is 9.34. The normalized spacial score (nSPS) is 26.3. The van der Waals surface area contributed by atoms with Crippen molar-refractivity contribution in [1.82, 2.24) is 10.2 Å². The first-order chi connectivity index (χ1) is 6.24. The summed E-state index contributed by atoms with van der Waals surface area (Å²) < 4.78 is 0. The molecule has 2 unspecified atom stereocenters. The average Bonchev–Trinajstić information content (AvgIpc) is 2.18. The van der Waals surface area contributed by atoms with Crippen molar-refractivity contribution in [3.63, 3.8) is 0 Å². The van der Waals surface area contributed by atoms with Gasteiger partial charge in [-0.05, 0) is 52.2 Å². The molecule has 0 aromatic rings. The average molecular weight is 184 g/mol. The standard InChI is InChI=1S/C11H24N2/c1-4-10(2)13(3)9-11-6-5-7-12-8-11/h10-12H,4-9H2,1-3H3. The second kappa shape index (κ2) is 5.61. The summed E-state index contributed by atoms with van der Waals surface area (Å²) in [5.74, 6) is 0.882. The third-order valence-electron chi connectivity index (χ3n) is 3.29. The monoisotopic (exact) mass is 184 g/mol. The molecule has 2 heteroatoms. The highest BCUT2D eigenvalue weighted by Gasteiger charge is 2.16. The van der Waals surface area contributed by atoms with Crippen molar-refractivity contribution >= 4 is 0 Å². The lowest BCUT2D eigenvalue weighted by atomic mass is 9.98. The fourth-order valence-corrected chi connectivity index (χ4v) is 1.98. The minimum Gasteiger partial charge on any atom is -0.316 e. The zero-order valence-corrected chi connectivity index (χ0v) is 9.34. The number of nitrogens with zero attached hydrogens (tertiary/aromatic N) is 1. The van der Waals surface area contributed by atoms with E-state index in [-0.39, 0.29) is 0 Å². The van der Waals surface area contributed by atoms with Crippen LogP contribution in [0.5, 0.6) is 0 Å². The topological polar surface area (TPSA) is 15.3 Å². The summed E-state index contributed by atoms with van der Waals surface area (Å²) in [6.45, 7) is 8.29. The van der Waals surface area contributed by atoms with E-state index in [9.17, 15) is 0 Å². The maximum Gasteiger partial charge on any atom is 0.00613 e. The second-order valence-electron chi connectivity index (χ2n) is 4.41. The van der Waals surface area contributed by atoms with Gasteiger partial charge in [-0.3, -0.25) is 0 Å². The molecule has 1 saturated heterocycles. The van der Waals surface area contributed by atoms with Crippen LogP contribution in [0, 0.1) is 5.92 Å². The third kappa shape index (κ3) is 3.65. The van der Waals surface area contributed by atoms with E-state index in [2.05, 4.69) is 31.1 Å². The minimum atomic E-state index is 0.738. The lowest BCUT2D eigenvalue weighted by molar-refractivity contribution is 0.194. The van der Waals surface area contributed by atoms with Crippen molar-refractivity contribution in [2.75, 3.05) is 26.7 Å². The SMILES string of the molecule is CCC(C)N(C)CC1CCCNC1. The Morgan fingerprint density at radius 1 is 1.54 bits per heavy atom. The molecule has 1 rings (SSSR count). The predicted molar refractivity (Wildman–Crippen MR) is 58.0 cm³/mol. The van der Waals surface area contributed by atoms with Gasteiger partial charge in [0.05, 0.1) is 0 Å². The lowest BCUT2D eigenvalue weighted by Crippen LogP contribution is -2.39. The van der Waals surface area contributed by atoms with Gasteiger partial charge >= 0.3 is 0 Å². The van der Waals surface area contributed by atoms with Crippen LogP contribution in [0.25, 0.3) is 0 Å². The highest BCUT2D eigenvalue weighted by atomic mass is 15.1. The van der Waals surface area contributed by atoms with Crippen LogP contribution in [0.2, 0.25) is 0 Å². The minimum absolute atomic E-state index is 0.738. The second-order valence-corrected chi connectivity index (χ2v) is 4.41. The van der Waals surface area contributed by atoms with Gasteiger partial charge in [0, 0.05) is 12.6 Å². The summed E-state index contributed by atoms with van der Waals surface area (Å²) in [4.78, 5) is 2.50. The van der Waals surface area contributed by atoms with Gasteiger partial charge in [0.25, 0.3) is 0 Å². The Hall–Kier alpha value is -0.0800. The van der Waals surface area contributed by atoms with Crippen LogP contribution >= 0.6 is 0 Å². The predicted octanol–water partition coefficient (Wildman–Crippen LogP) is 1.72. The Morgan fingerprint density at radius 2 is 2.31 bits per heavy atom. The third-order valence-corrected chi connectivity index (χ3v) is 3.29. The smallest absolute Gasteiger partial charge is 0.00613 e. The van der Waals surface area contributed by atoms with E-state index in [1.165, 1.54) is 38.9 Å². The highest BCUT2D eigenvalue weighted by molar-refractivity contribution is 4.73. The maximum atomic E-state index is 3.47. The molecule has 0 spiro atoms. The Balaban J connectivity index is 2.21. The summed E-state index contributed by atoms with van der Waals surface area (Å²) in [6, 6.07) is 0.738. The van der Waals surface area contributed by atoms with E-state index in [0.717, 1.165) is 12.0 Å². The van der Waals surface area contributed by atoms with E-state index < -0.39 is 0 Å². The fraction of sp³-hybridized carbons (Fsp3) is 1.00. The molecular formula is C11H24N2. The Bertz CT molecular complexity index is 130. The number of nitrogens with one attached hydrogen (secondary N) is 1. The van der Waals surface area contributed by atoms with Crippen molar-refractivity contribution in [3.8, 4) is 0 Å². The quantitative estimate of drug-likeness (QED) is 0.715. The summed E-state index contributed by atoms with van der Waals surface area (Å²) in [6.07, 6.45) is 4.03. The summed E-state index contributed by atoms with van der Waals surface area (Å²) >= 11 is 0. The van der Waals surface area contributed by atoms with Gasteiger partial charge < -0.3 is 10.2 Å². The number of piperidine rings is 1. The summed E-state index contributed by atoms with van der Waals surface area (Å²) in [5.41, 5.74) is 0. The molecule has 0 saturated carbocycles. The number of rotatable bonds is 4. The van der Waals surface area contributed by atoms with Gasteiger partial charge in [0.2, 0.25) is 0 Å². The van der Waals surface area contributed by atoms with Crippen LogP contribution in [0.1, 0.15) is 33.1 Å². The molecule has 2 nitrogen and oxygen atoms in total. The van der Waals surface area contributed by atoms with Crippen LogP contribution in [0.4, 0.5) is 0 Å². The van der Waals surface area contributed by atoms with Crippen molar-refractivity contribution in [3.05, 3.63) is 0 Å². The number of hydrogen-bond acceptors (Lipinski definition) is 2. The molecule has 1 N–H and O–H groups in total. The molecule has 1 heterocycles. The van der Waals surface area contributed by atoms with Gasteiger partial charge in [-0.15, -0.1) is 0 Å². The number of hydrogen-bond donors (Lipinski definition) is 1. The van der Waals surface area contributed by atoms with Crippen LogP contribution in [0.15, 0.2) is 0 Å². The van der Waals surface area contributed by atoms with Crippen molar-refractivity contribution in [2.24, 2.45) is 5.92 Å². The molecule has 0 bridgehead atoms. The van der Waals surface area contributed by atoms with Crippen molar-refractivity contribution in [2.45, 2.75) is 39.2 Å². The van der Waals surface area contributed by atoms with Gasteiger partial charge in [0.1, 0.15) is 0 Å². The fourth-order valence-electron chi connectivity index (χ4n) is 1.98. The summed E-state index contributed by atoms with van der Waals surface area (Å²) in [5, 5.41) is 3.47. The van der Waals surface area contributed by atoms with E-state index >= 15 is 0 Å². The molecule has 0 aromatic heterocycles. The van der Waals surface area contributed by atoms with Gasteiger partial charge in [-0.1, -0.05) is 6.92 Å². The molecule has 1 aliphatic heterocycles. The van der Waals surface area contributed by atoms with Gasteiger partial charge in [-0.25, -0.2) is 0 Å². The molecule has 78 valence electrons. The Labute approximate surface area is 82.7 Å². The van der Waals surface area contributed by atoms with Gasteiger partial charge in [-0.2, -0.15) is 0 Å². The largest absolute Gasteiger partial charge is 0.316 e. The molecule has 0 aromatic carbocycles. The zero-order chi connectivity index (χ0) is 9.68. The summed E-state index contributed by atoms with van der Waals surface area (Å²) in [7, 11) is 2.25.